The van der Waals surface area contributed by atoms with E-state index in [0.29, 0.717) is 17.9 Å². The predicted octanol–water partition coefficient (Wildman–Crippen LogP) is 3.05. The van der Waals surface area contributed by atoms with Crippen molar-refractivity contribution in [2.24, 2.45) is 11.3 Å². The normalized spacial score (nSPS) is 24.8. The summed E-state index contributed by atoms with van der Waals surface area (Å²) in [5, 5.41) is 18.6. The van der Waals surface area contributed by atoms with Gasteiger partial charge in [-0.15, -0.1) is 0 Å². The summed E-state index contributed by atoms with van der Waals surface area (Å²) < 4.78 is 2.78. The molecule has 0 heterocycles. The molecular formula is C19H24INO4S. The third kappa shape index (κ3) is 3.31. The summed E-state index contributed by atoms with van der Waals surface area (Å²) in [5.74, 6) is 0.406. The molecule has 1 spiro atoms. The fraction of sp³-hybridized carbons (Fsp3) is 0.579. The van der Waals surface area contributed by atoms with Gasteiger partial charge in [-0.1, -0.05) is 5.57 Å². The molecule has 1 saturated carbocycles. The Hall–Kier alpha value is -0.640. The van der Waals surface area contributed by atoms with Gasteiger partial charge in [0.1, 0.15) is 6.04 Å². The highest BCUT2D eigenvalue weighted by Crippen LogP contribution is 2.64. The van der Waals surface area contributed by atoms with Crippen LogP contribution in [-0.4, -0.2) is 46.1 Å². The van der Waals surface area contributed by atoms with Crippen molar-refractivity contribution in [1.82, 2.24) is 3.53 Å². The van der Waals surface area contributed by atoms with E-state index in [-0.39, 0.29) is 23.7 Å². The van der Waals surface area contributed by atoms with E-state index in [0.717, 1.165) is 29.6 Å². The number of aliphatic carboxylic acids is 1. The van der Waals surface area contributed by atoms with Gasteiger partial charge in [-0.25, -0.2) is 3.53 Å². The number of thioether (sulfide) groups is 1. The predicted molar refractivity (Wildman–Crippen MR) is 111 cm³/mol. The quantitative estimate of drug-likeness (QED) is 0.359. The van der Waals surface area contributed by atoms with Crippen LogP contribution in [0.15, 0.2) is 33.9 Å². The van der Waals surface area contributed by atoms with E-state index in [4.69, 9.17) is 5.11 Å². The third-order valence-electron chi connectivity index (χ3n) is 5.95. The van der Waals surface area contributed by atoms with Gasteiger partial charge >= 0.3 is 5.97 Å². The van der Waals surface area contributed by atoms with Crippen molar-refractivity contribution in [3.05, 3.63) is 33.9 Å². The highest BCUT2D eigenvalue weighted by atomic mass is 127. The smallest absolute Gasteiger partial charge is 0.322 e. The summed E-state index contributed by atoms with van der Waals surface area (Å²) >= 11 is 3.46. The Morgan fingerprint density at radius 2 is 2.15 bits per heavy atom. The van der Waals surface area contributed by atoms with E-state index in [1.807, 2.05) is 35.9 Å². The zero-order valence-electron chi connectivity index (χ0n) is 15.0. The summed E-state index contributed by atoms with van der Waals surface area (Å²) in [6.45, 7) is 4.21. The molecule has 2 atom stereocenters. The maximum absolute atomic E-state index is 13.1. The van der Waals surface area contributed by atoms with Gasteiger partial charge in [0.15, 0.2) is 5.78 Å². The number of carboxylic acid groups (broad SMARTS) is 1. The summed E-state index contributed by atoms with van der Waals surface area (Å²) in [6, 6.07) is -0.581. The van der Waals surface area contributed by atoms with Gasteiger partial charge in [-0.05, 0) is 55.9 Å². The van der Waals surface area contributed by atoms with E-state index < -0.39 is 12.0 Å². The molecule has 142 valence electrons. The zero-order valence-corrected chi connectivity index (χ0v) is 17.9. The Morgan fingerprint density at radius 3 is 2.69 bits per heavy atom. The summed E-state index contributed by atoms with van der Waals surface area (Å²) in [7, 11) is 0. The number of aliphatic hydroxyl groups excluding tert-OH is 1. The second-order valence-electron chi connectivity index (χ2n) is 7.32. The molecule has 0 amide bonds. The van der Waals surface area contributed by atoms with Crippen molar-refractivity contribution in [3.8, 4) is 0 Å². The molecule has 3 rings (SSSR count). The van der Waals surface area contributed by atoms with E-state index >= 15 is 0 Å². The lowest BCUT2D eigenvalue weighted by molar-refractivity contribution is -0.138. The summed E-state index contributed by atoms with van der Waals surface area (Å²) in [4.78, 5) is 24.2. The molecule has 26 heavy (non-hydrogen) atoms. The van der Waals surface area contributed by atoms with E-state index in [1.54, 1.807) is 11.8 Å². The number of hydrogen-bond donors (Lipinski definition) is 3. The Kier molecular flexibility index (Phi) is 6.01. The number of carbonyl (C=O) groups excluding carboxylic acids is 1. The number of hydrogen-bond acceptors (Lipinski definition) is 5. The van der Waals surface area contributed by atoms with Crippen molar-refractivity contribution < 1.29 is 19.8 Å². The molecule has 0 aromatic carbocycles. The number of carbonyl (C=O) groups is 2. The van der Waals surface area contributed by atoms with E-state index in [1.165, 1.54) is 11.1 Å². The van der Waals surface area contributed by atoms with Crippen LogP contribution in [-0.2, 0) is 9.59 Å². The Bertz CT molecular complexity index is 736. The molecule has 7 heteroatoms. The topological polar surface area (TPSA) is 86.6 Å². The maximum atomic E-state index is 13.1. The van der Waals surface area contributed by atoms with Gasteiger partial charge < -0.3 is 10.2 Å². The highest BCUT2D eigenvalue weighted by molar-refractivity contribution is 14.1. The summed E-state index contributed by atoms with van der Waals surface area (Å²) in [5.41, 5.74) is 5.40. The molecule has 0 unspecified atom stereocenters. The minimum atomic E-state index is -0.852. The van der Waals surface area contributed by atoms with Gasteiger partial charge in [0.25, 0.3) is 0 Å². The average Bonchev–Trinajstić information content (AvgIpc) is 3.33. The van der Waals surface area contributed by atoms with Crippen molar-refractivity contribution in [1.29, 1.82) is 0 Å². The number of nitrogens with one attached hydrogen (secondary N) is 1. The molecule has 1 fully saturated rings. The molecule has 0 aromatic rings. The minimum absolute atomic E-state index is 0.0447. The lowest BCUT2D eigenvalue weighted by Crippen LogP contribution is -2.34. The van der Waals surface area contributed by atoms with Gasteiger partial charge in [0.2, 0.25) is 0 Å². The Morgan fingerprint density at radius 1 is 1.46 bits per heavy atom. The largest absolute Gasteiger partial charge is 0.480 e. The number of carboxylic acids is 1. The van der Waals surface area contributed by atoms with Crippen LogP contribution in [0, 0.1) is 11.3 Å². The Balaban J connectivity index is 1.82. The first kappa shape index (κ1) is 20.1. The van der Waals surface area contributed by atoms with Crippen LogP contribution in [0.25, 0.3) is 0 Å². The molecule has 3 N–H and O–H groups in total. The van der Waals surface area contributed by atoms with Crippen LogP contribution in [0.1, 0.15) is 33.1 Å². The van der Waals surface area contributed by atoms with Crippen molar-refractivity contribution >= 4 is 46.4 Å². The number of aliphatic hydroxyl groups is 1. The van der Waals surface area contributed by atoms with E-state index in [2.05, 4.69) is 10.5 Å². The van der Waals surface area contributed by atoms with Gasteiger partial charge in [-0.2, -0.15) is 11.8 Å². The fourth-order valence-electron chi connectivity index (χ4n) is 4.32. The molecule has 3 aliphatic rings. The van der Waals surface area contributed by atoms with Gasteiger partial charge in [-0.3, -0.25) is 9.59 Å². The molecule has 5 nitrogen and oxygen atoms in total. The molecule has 3 aliphatic carbocycles. The maximum Gasteiger partial charge on any atom is 0.322 e. The van der Waals surface area contributed by atoms with E-state index in [9.17, 15) is 14.7 Å². The number of rotatable bonds is 8. The van der Waals surface area contributed by atoms with Crippen molar-refractivity contribution in [2.75, 3.05) is 18.1 Å². The molecule has 0 bridgehead atoms. The van der Waals surface area contributed by atoms with Crippen LogP contribution < -0.4 is 3.53 Å². The van der Waals surface area contributed by atoms with Crippen LogP contribution in [0.2, 0.25) is 0 Å². The van der Waals surface area contributed by atoms with Crippen LogP contribution in [0.5, 0.6) is 0 Å². The summed E-state index contributed by atoms with van der Waals surface area (Å²) in [6.07, 6.45) is 4.56. The SMILES string of the molecule is CC1=C(CSC[C@H](NI)C(=O)O)C2=C(C)C3(CC3)[C@H](CCO)C(=O)C2=C1. The van der Waals surface area contributed by atoms with Gasteiger partial charge in [0.05, 0.1) is 0 Å². The average molecular weight is 489 g/mol. The molecule has 0 saturated heterocycles. The third-order valence-corrected chi connectivity index (χ3v) is 7.76. The number of ketones is 1. The highest BCUT2D eigenvalue weighted by Gasteiger charge is 2.57. The number of allylic oxidation sites excluding steroid dienone is 5. The van der Waals surface area contributed by atoms with Crippen molar-refractivity contribution in [3.63, 3.8) is 0 Å². The minimum Gasteiger partial charge on any atom is -0.480 e. The van der Waals surface area contributed by atoms with Crippen LogP contribution in [0.4, 0.5) is 0 Å². The number of halogens is 1. The molecular weight excluding hydrogens is 465 g/mol. The second kappa shape index (κ2) is 7.77. The van der Waals surface area contributed by atoms with Crippen LogP contribution in [0.3, 0.4) is 0 Å². The lowest BCUT2D eigenvalue weighted by Gasteiger charge is -2.34. The first-order valence-electron chi connectivity index (χ1n) is 8.82. The number of Topliss-reactive ketones (excluding diaryl/α,β-unsaturated/α-hetero) is 1. The Labute approximate surface area is 171 Å². The molecule has 0 aromatic heterocycles. The monoisotopic (exact) mass is 489 g/mol. The molecule has 0 aliphatic heterocycles. The fourth-order valence-corrected chi connectivity index (χ4v) is 6.26. The standard InChI is InChI=1S/C19H24INO4S/c1-10-7-12-16(13(10)8-26-9-15(21-20)18(24)25)11(2)19(4-5-19)14(3-6-22)17(12)23/h7,14-15,21-22H,3-6,8-9H2,1-2H3,(H,24,25)/t14-,15+/m1/s1. The number of fused-ring (bicyclic) bond motifs is 1. The first-order chi connectivity index (χ1) is 12.4. The van der Waals surface area contributed by atoms with Crippen molar-refractivity contribution in [2.45, 2.75) is 39.2 Å². The second-order valence-corrected chi connectivity index (χ2v) is 8.97. The first-order valence-corrected chi connectivity index (χ1v) is 11.1. The van der Waals surface area contributed by atoms with Gasteiger partial charge in [0, 0.05) is 57.9 Å². The zero-order chi connectivity index (χ0) is 19.1. The lowest BCUT2D eigenvalue weighted by atomic mass is 9.68. The molecule has 0 radical (unpaired) electrons. The van der Waals surface area contributed by atoms with Crippen LogP contribution >= 0.6 is 34.6 Å².